The summed E-state index contributed by atoms with van der Waals surface area (Å²) < 4.78 is 5.53. The van der Waals surface area contributed by atoms with Crippen LogP contribution in [0.4, 0.5) is 4.79 Å². The van der Waals surface area contributed by atoms with Crippen molar-refractivity contribution in [1.82, 2.24) is 4.90 Å². The normalized spacial score (nSPS) is 25.9. The number of rotatable bonds is 2. The maximum atomic E-state index is 12.6. The summed E-state index contributed by atoms with van der Waals surface area (Å²) in [7, 11) is 0. The van der Waals surface area contributed by atoms with E-state index in [9.17, 15) is 14.7 Å². The molecule has 5 heteroatoms. The van der Waals surface area contributed by atoms with Crippen molar-refractivity contribution >= 4 is 12.1 Å². The molecule has 3 rings (SSSR count). The summed E-state index contributed by atoms with van der Waals surface area (Å²) in [5.41, 5.74) is 1.24. The Hall–Kier alpha value is -2.04. The largest absolute Gasteiger partial charge is 0.481 e. The zero-order valence-electron chi connectivity index (χ0n) is 13.8. The lowest BCUT2D eigenvalue weighted by Crippen LogP contribution is -2.38. The molecule has 1 aromatic carbocycles. The molecule has 2 unspecified atom stereocenters. The molecule has 1 aliphatic heterocycles. The number of ether oxygens (including phenoxy) is 1. The molecule has 0 radical (unpaired) electrons. The van der Waals surface area contributed by atoms with Crippen LogP contribution in [0.3, 0.4) is 0 Å². The van der Waals surface area contributed by atoms with Gasteiger partial charge in [-0.3, -0.25) is 4.79 Å². The Morgan fingerprint density at radius 3 is 2.70 bits per heavy atom. The summed E-state index contributed by atoms with van der Waals surface area (Å²) in [5, 5.41) is 9.37. The molecular formula is C18H23NO4. The number of aliphatic carboxylic acids is 1. The number of carbonyl (C=O) groups excluding carboxylic acids is 1. The Labute approximate surface area is 136 Å². The zero-order chi connectivity index (χ0) is 16.8. The van der Waals surface area contributed by atoms with E-state index in [0.717, 1.165) is 11.1 Å². The monoisotopic (exact) mass is 317 g/mol. The van der Waals surface area contributed by atoms with Crippen molar-refractivity contribution in [2.24, 2.45) is 5.41 Å². The first-order valence-electron chi connectivity index (χ1n) is 8.01. The van der Waals surface area contributed by atoms with E-state index in [1.807, 2.05) is 45.0 Å². The standard InChI is InChI=1S/C18H23NO4/c1-17(2,3)23-16(22)19-9-8-18(11-14(20)21)10-12-6-4-5-7-13(12)15(18)19/h4-7,15H,8-11H2,1-3H3,(H,20,21). The Morgan fingerprint density at radius 2 is 2.04 bits per heavy atom. The summed E-state index contributed by atoms with van der Waals surface area (Å²) in [4.78, 5) is 25.7. The van der Waals surface area contributed by atoms with E-state index in [4.69, 9.17) is 4.74 Å². The molecule has 1 N–H and O–H groups in total. The Morgan fingerprint density at radius 1 is 1.35 bits per heavy atom. The van der Waals surface area contributed by atoms with Gasteiger partial charge in [0.25, 0.3) is 0 Å². The summed E-state index contributed by atoms with van der Waals surface area (Å²) in [6.07, 6.45) is 1.12. The minimum absolute atomic E-state index is 0.0750. The lowest BCUT2D eigenvalue weighted by Gasteiger charge is -2.33. The minimum atomic E-state index is -0.811. The van der Waals surface area contributed by atoms with Crippen LogP contribution in [0.2, 0.25) is 0 Å². The highest BCUT2D eigenvalue weighted by Gasteiger charge is 2.55. The molecule has 2 atom stereocenters. The third-order valence-corrected chi connectivity index (χ3v) is 4.77. The topological polar surface area (TPSA) is 66.8 Å². The molecule has 0 bridgehead atoms. The summed E-state index contributed by atoms with van der Waals surface area (Å²) in [5.74, 6) is -0.811. The van der Waals surface area contributed by atoms with Gasteiger partial charge >= 0.3 is 12.1 Å². The van der Waals surface area contributed by atoms with Crippen molar-refractivity contribution in [2.45, 2.75) is 51.7 Å². The van der Waals surface area contributed by atoms with Crippen LogP contribution in [0, 0.1) is 5.41 Å². The van der Waals surface area contributed by atoms with Gasteiger partial charge < -0.3 is 14.7 Å². The number of hydrogen-bond acceptors (Lipinski definition) is 3. The lowest BCUT2D eigenvalue weighted by molar-refractivity contribution is -0.140. The van der Waals surface area contributed by atoms with Gasteiger partial charge in [0, 0.05) is 12.0 Å². The fourth-order valence-corrected chi connectivity index (χ4v) is 4.03. The first-order chi connectivity index (χ1) is 10.7. The van der Waals surface area contributed by atoms with E-state index in [0.29, 0.717) is 19.4 Å². The van der Waals surface area contributed by atoms with E-state index in [1.54, 1.807) is 4.90 Å². The van der Waals surface area contributed by atoms with Crippen molar-refractivity contribution < 1.29 is 19.4 Å². The molecule has 0 aromatic heterocycles. The Balaban J connectivity index is 1.96. The van der Waals surface area contributed by atoms with Gasteiger partial charge in [0.15, 0.2) is 0 Å². The highest BCUT2D eigenvalue weighted by molar-refractivity contribution is 5.72. The number of nitrogens with zero attached hydrogens (tertiary/aromatic N) is 1. The molecule has 2 aliphatic rings. The van der Waals surface area contributed by atoms with Gasteiger partial charge in [-0.25, -0.2) is 4.79 Å². The smallest absolute Gasteiger partial charge is 0.410 e. The number of hydrogen-bond donors (Lipinski definition) is 1. The molecule has 0 saturated carbocycles. The van der Waals surface area contributed by atoms with Gasteiger partial charge in [0.1, 0.15) is 5.60 Å². The predicted octanol–water partition coefficient (Wildman–Crippen LogP) is 3.39. The first kappa shape index (κ1) is 15.8. The molecule has 1 heterocycles. The third-order valence-electron chi connectivity index (χ3n) is 4.77. The second kappa shape index (κ2) is 5.25. The average molecular weight is 317 g/mol. The molecule has 1 amide bonds. The second-order valence-corrected chi connectivity index (χ2v) is 7.63. The summed E-state index contributed by atoms with van der Waals surface area (Å²) >= 11 is 0. The fourth-order valence-electron chi connectivity index (χ4n) is 4.03. The van der Waals surface area contributed by atoms with E-state index >= 15 is 0 Å². The van der Waals surface area contributed by atoms with Gasteiger partial charge in [0.2, 0.25) is 0 Å². The van der Waals surface area contributed by atoms with Crippen LogP contribution in [0.15, 0.2) is 24.3 Å². The molecule has 1 fully saturated rings. The molecule has 0 spiro atoms. The van der Waals surface area contributed by atoms with Gasteiger partial charge in [-0.15, -0.1) is 0 Å². The van der Waals surface area contributed by atoms with Crippen LogP contribution >= 0.6 is 0 Å². The zero-order valence-corrected chi connectivity index (χ0v) is 13.8. The molecule has 1 aliphatic carbocycles. The Bertz CT molecular complexity index is 649. The van der Waals surface area contributed by atoms with Crippen molar-refractivity contribution in [1.29, 1.82) is 0 Å². The number of fused-ring (bicyclic) bond motifs is 3. The lowest BCUT2D eigenvalue weighted by atomic mass is 9.78. The highest BCUT2D eigenvalue weighted by Crippen LogP contribution is 2.57. The van der Waals surface area contributed by atoms with Crippen LogP contribution in [0.5, 0.6) is 0 Å². The maximum absolute atomic E-state index is 12.6. The SMILES string of the molecule is CC(C)(C)OC(=O)N1CCC2(CC(=O)O)Cc3ccccc3C12. The number of carboxylic acid groups (broad SMARTS) is 1. The molecule has 1 saturated heterocycles. The van der Waals surface area contributed by atoms with Crippen LogP contribution in [0.25, 0.3) is 0 Å². The van der Waals surface area contributed by atoms with E-state index < -0.39 is 17.0 Å². The van der Waals surface area contributed by atoms with Crippen LogP contribution in [0.1, 0.15) is 50.8 Å². The van der Waals surface area contributed by atoms with Crippen LogP contribution < -0.4 is 0 Å². The van der Waals surface area contributed by atoms with Gasteiger partial charge in [-0.05, 0) is 44.7 Å². The highest BCUT2D eigenvalue weighted by atomic mass is 16.6. The molecular weight excluding hydrogens is 294 g/mol. The third kappa shape index (κ3) is 2.80. The fraction of sp³-hybridized carbons (Fsp3) is 0.556. The predicted molar refractivity (Wildman–Crippen MR) is 85.1 cm³/mol. The van der Waals surface area contributed by atoms with Crippen molar-refractivity contribution in [2.75, 3.05) is 6.54 Å². The number of carboxylic acids is 1. The van der Waals surface area contributed by atoms with Crippen molar-refractivity contribution in [3.63, 3.8) is 0 Å². The van der Waals surface area contributed by atoms with Crippen LogP contribution in [-0.4, -0.2) is 34.2 Å². The number of likely N-dealkylation sites (tertiary alicyclic amines) is 1. The molecule has 1 aromatic rings. The van der Waals surface area contributed by atoms with Crippen molar-refractivity contribution in [3.05, 3.63) is 35.4 Å². The molecule has 23 heavy (non-hydrogen) atoms. The second-order valence-electron chi connectivity index (χ2n) is 7.63. The Kier molecular flexibility index (Phi) is 3.62. The summed E-state index contributed by atoms with van der Waals surface area (Å²) in [6, 6.07) is 7.74. The number of amides is 1. The van der Waals surface area contributed by atoms with Crippen molar-refractivity contribution in [3.8, 4) is 0 Å². The van der Waals surface area contributed by atoms with Gasteiger partial charge in [0.05, 0.1) is 12.5 Å². The summed E-state index contributed by atoms with van der Waals surface area (Å²) in [6.45, 7) is 6.07. The van der Waals surface area contributed by atoms with E-state index in [2.05, 4.69) is 0 Å². The van der Waals surface area contributed by atoms with E-state index in [1.165, 1.54) is 0 Å². The van der Waals surface area contributed by atoms with Crippen LogP contribution in [-0.2, 0) is 16.0 Å². The molecule has 5 nitrogen and oxygen atoms in total. The maximum Gasteiger partial charge on any atom is 0.410 e. The van der Waals surface area contributed by atoms with Gasteiger partial charge in [-0.1, -0.05) is 24.3 Å². The quantitative estimate of drug-likeness (QED) is 0.908. The first-order valence-corrected chi connectivity index (χ1v) is 8.01. The number of benzene rings is 1. The minimum Gasteiger partial charge on any atom is -0.481 e. The average Bonchev–Trinajstić information content (AvgIpc) is 2.88. The van der Waals surface area contributed by atoms with E-state index in [-0.39, 0.29) is 18.6 Å². The molecule has 124 valence electrons. The van der Waals surface area contributed by atoms with Gasteiger partial charge in [-0.2, -0.15) is 0 Å². The number of carbonyl (C=O) groups is 2.